The van der Waals surface area contributed by atoms with Crippen LogP contribution >= 0.6 is 11.3 Å². The predicted octanol–water partition coefficient (Wildman–Crippen LogP) is 2.80. The monoisotopic (exact) mass is 301 g/mol. The summed E-state index contributed by atoms with van der Waals surface area (Å²) in [4.78, 5) is 19.0. The highest BCUT2D eigenvalue weighted by atomic mass is 32.1. The zero-order valence-corrected chi connectivity index (χ0v) is 11.2. The van der Waals surface area contributed by atoms with Gasteiger partial charge in [-0.1, -0.05) is 0 Å². The summed E-state index contributed by atoms with van der Waals surface area (Å²) >= 11 is 0.349. The molecule has 2 aromatic heterocycles. The summed E-state index contributed by atoms with van der Waals surface area (Å²) in [6.07, 6.45) is -1.39. The van der Waals surface area contributed by atoms with Gasteiger partial charge in [0.25, 0.3) is 5.91 Å². The Labute approximate surface area is 116 Å². The summed E-state index contributed by atoms with van der Waals surface area (Å²) in [6, 6.07) is 3.42. The largest absolute Gasteiger partial charge is 0.443 e. The lowest BCUT2D eigenvalue weighted by Gasteiger charge is -2.03. The molecule has 20 heavy (non-hydrogen) atoms. The van der Waals surface area contributed by atoms with Gasteiger partial charge < -0.3 is 5.32 Å². The van der Waals surface area contributed by atoms with Crippen molar-refractivity contribution in [1.29, 1.82) is 0 Å². The van der Waals surface area contributed by atoms with Crippen LogP contribution in [-0.2, 0) is 12.7 Å². The molecule has 2 heterocycles. The van der Waals surface area contributed by atoms with E-state index in [2.05, 4.69) is 15.3 Å². The average molecular weight is 301 g/mol. The number of hydrogen-bond donors (Lipinski definition) is 1. The standard InChI is InChI=1S/C12H10F3N3OS/c1-7-9(20-11(18-7)12(13,14)15)10(19)17-6-8-2-4-16-5-3-8/h2-5H,6H2,1H3,(H,17,19). The third-order valence-electron chi connectivity index (χ3n) is 2.45. The molecule has 0 bridgehead atoms. The van der Waals surface area contributed by atoms with Crippen LogP contribution in [0.4, 0.5) is 13.2 Å². The van der Waals surface area contributed by atoms with Crippen LogP contribution in [0.1, 0.15) is 25.9 Å². The van der Waals surface area contributed by atoms with Crippen molar-refractivity contribution in [3.05, 3.63) is 45.7 Å². The lowest BCUT2D eigenvalue weighted by atomic mass is 10.2. The Morgan fingerprint density at radius 1 is 1.35 bits per heavy atom. The topological polar surface area (TPSA) is 54.9 Å². The van der Waals surface area contributed by atoms with Crippen LogP contribution in [-0.4, -0.2) is 15.9 Å². The number of pyridine rings is 1. The average Bonchev–Trinajstić information content (AvgIpc) is 2.79. The van der Waals surface area contributed by atoms with Gasteiger partial charge in [0.2, 0.25) is 0 Å². The molecule has 2 rings (SSSR count). The molecule has 0 fully saturated rings. The van der Waals surface area contributed by atoms with Gasteiger partial charge in [0.05, 0.1) is 5.69 Å². The van der Waals surface area contributed by atoms with Crippen molar-refractivity contribution in [1.82, 2.24) is 15.3 Å². The van der Waals surface area contributed by atoms with Crippen molar-refractivity contribution in [2.75, 3.05) is 0 Å². The number of thiazole rings is 1. The molecule has 8 heteroatoms. The van der Waals surface area contributed by atoms with E-state index in [1.165, 1.54) is 6.92 Å². The number of nitrogens with one attached hydrogen (secondary N) is 1. The van der Waals surface area contributed by atoms with Crippen molar-refractivity contribution in [2.45, 2.75) is 19.6 Å². The van der Waals surface area contributed by atoms with Gasteiger partial charge in [0.15, 0.2) is 5.01 Å². The molecular formula is C12H10F3N3OS. The number of alkyl halides is 3. The Morgan fingerprint density at radius 2 is 2.00 bits per heavy atom. The molecular weight excluding hydrogens is 291 g/mol. The number of carbonyl (C=O) groups excluding carboxylic acids is 1. The first-order valence-electron chi connectivity index (χ1n) is 5.59. The molecule has 106 valence electrons. The highest BCUT2D eigenvalue weighted by Gasteiger charge is 2.36. The molecule has 0 saturated carbocycles. The van der Waals surface area contributed by atoms with Crippen molar-refractivity contribution in [3.8, 4) is 0 Å². The summed E-state index contributed by atoms with van der Waals surface area (Å²) in [6.45, 7) is 1.60. The number of nitrogens with zero attached hydrogens (tertiary/aromatic N) is 2. The summed E-state index contributed by atoms with van der Waals surface area (Å²) < 4.78 is 37.5. The summed E-state index contributed by atoms with van der Waals surface area (Å²) in [7, 11) is 0. The molecule has 0 aromatic carbocycles. The Bertz CT molecular complexity index is 610. The molecule has 1 amide bonds. The van der Waals surface area contributed by atoms with E-state index < -0.39 is 17.1 Å². The summed E-state index contributed by atoms with van der Waals surface area (Å²) in [5, 5.41) is 1.55. The van der Waals surface area contributed by atoms with Crippen LogP contribution < -0.4 is 5.32 Å². The van der Waals surface area contributed by atoms with E-state index in [0.29, 0.717) is 11.3 Å². The molecule has 0 saturated heterocycles. The van der Waals surface area contributed by atoms with Crippen LogP contribution in [0.25, 0.3) is 0 Å². The quantitative estimate of drug-likeness (QED) is 0.948. The van der Waals surface area contributed by atoms with Gasteiger partial charge in [-0.15, -0.1) is 11.3 Å². The van der Waals surface area contributed by atoms with Gasteiger partial charge in [0.1, 0.15) is 4.88 Å². The van der Waals surface area contributed by atoms with Crippen LogP contribution in [0.5, 0.6) is 0 Å². The number of aryl methyl sites for hydroxylation is 1. The summed E-state index contributed by atoms with van der Waals surface area (Å²) in [5.41, 5.74) is 0.890. The van der Waals surface area contributed by atoms with E-state index in [0.717, 1.165) is 5.56 Å². The molecule has 2 aromatic rings. The molecule has 0 aliphatic rings. The molecule has 0 aliphatic carbocycles. The van der Waals surface area contributed by atoms with Crippen LogP contribution in [0, 0.1) is 6.92 Å². The minimum absolute atomic E-state index is 0.0219. The molecule has 0 spiro atoms. The maximum Gasteiger partial charge on any atom is 0.443 e. The predicted molar refractivity (Wildman–Crippen MR) is 67.3 cm³/mol. The van der Waals surface area contributed by atoms with Gasteiger partial charge in [-0.3, -0.25) is 9.78 Å². The maximum atomic E-state index is 12.5. The van der Waals surface area contributed by atoms with Crippen LogP contribution in [0.2, 0.25) is 0 Å². The normalized spacial score (nSPS) is 11.4. The fourth-order valence-corrected chi connectivity index (χ4v) is 2.34. The zero-order valence-electron chi connectivity index (χ0n) is 10.4. The SMILES string of the molecule is Cc1nc(C(F)(F)F)sc1C(=O)NCc1ccncc1. The smallest absolute Gasteiger partial charge is 0.347 e. The molecule has 0 atom stereocenters. The highest BCUT2D eigenvalue weighted by Crippen LogP contribution is 2.33. The maximum absolute atomic E-state index is 12.5. The van der Waals surface area contributed by atoms with Gasteiger partial charge in [-0.05, 0) is 24.6 Å². The van der Waals surface area contributed by atoms with E-state index in [9.17, 15) is 18.0 Å². The highest BCUT2D eigenvalue weighted by molar-refractivity contribution is 7.13. The van der Waals surface area contributed by atoms with Gasteiger partial charge in [-0.2, -0.15) is 13.2 Å². The fourth-order valence-electron chi connectivity index (χ4n) is 1.49. The zero-order chi connectivity index (χ0) is 14.8. The first kappa shape index (κ1) is 14.4. The Kier molecular flexibility index (Phi) is 4.03. The van der Waals surface area contributed by atoms with Crippen molar-refractivity contribution < 1.29 is 18.0 Å². The number of carbonyl (C=O) groups is 1. The third-order valence-corrected chi connectivity index (χ3v) is 3.65. The van der Waals surface area contributed by atoms with E-state index in [4.69, 9.17) is 0 Å². The minimum Gasteiger partial charge on any atom is -0.347 e. The number of amides is 1. The van der Waals surface area contributed by atoms with Crippen LogP contribution in [0.15, 0.2) is 24.5 Å². The number of aromatic nitrogens is 2. The van der Waals surface area contributed by atoms with E-state index in [-0.39, 0.29) is 17.1 Å². The number of hydrogen-bond acceptors (Lipinski definition) is 4. The lowest BCUT2D eigenvalue weighted by molar-refractivity contribution is -0.137. The van der Waals surface area contributed by atoms with Gasteiger partial charge in [-0.25, -0.2) is 4.98 Å². The Morgan fingerprint density at radius 3 is 2.55 bits per heavy atom. The number of rotatable bonds is 3. The van der Waals surface area contributed by atoms with E-state index in [1.54, 1.807) is 24.5 Å². The van der Waals surface area contributed by atoms with E-state index in [1.807, 2.05) is 0 Å². The fraction of sp³-hybridized carbons (Fsp3) is 0.250. The first-order valence-corrected chi connectivity index (χ1v) is 6.41. The molecule has 0 unspecified atom stereocenters. The molecule has 1 N–H and O–H groups in total. The number of halogens is 3. The second-order valence-electron chi connectivity index (χ2n) is 3.97. The first-order chi connectivity index (χ1) is 9.38. The third kappa shape index (κ3) is 3.32. The molecule has 0 radical (unpaired) electrons. The second kappa shape index (κ2) is 5.58. The van der Waals surface area contributed by atoms with Crippen molar-refractivity contribution in [2.24, 2.45) is 0 Å². The summed E-state index contributed by atoms with van der Waals surface area (Å²) in [5.74, 6) is -0.563. The van der Waals surface area contributed by atoms with Gasteiger partial charge >= 0.3 is 6.18 Å². The van der Waals surface area contributed by atoms with Crippen LogP contribution in [0.3, 0.4) is 0 Å². The Hall–Kier alpha value is -1.96. The lowest BCUT2D eigenvalue weighted by Crippen LogP contribution is -2.22. The Balaban J connectivity index is 2.08. The second-order valence-corrected chi connectivity index (χ2v) is 4.97. The van der Waals surface area contributed by atoms with Gasteiger partial charge in [0, 0.05) is 18.9 Å². The molecule has 4 nitrogen and oxygen atoms in total. The molecule has 0 aliphatic heterocycles. The van der Waals surface area contributed by atoms with Crippen molar-refractivity contribution in [3.63, 3.8) is 0 Å². The van der Waals surface area contributed by atoms with Crippen molar-refractivity contribution >= 4 is 17.2 Å². The van der Waals surface area contributed by atoms with E-state index >= 15 is 0 Å². The minimum atomic E-state index is -4.53.